The number of carbonyl (C=O) groups is 2. The Balaban J connectivity index is 1.55. The van der Waals surface area contributed by atoms with Crippen molar-refractivity contribution in [3.8, 4) is 22.4 Å². The number of rotatable bonds is 6. The van der Waals surface area contributed by atoms with Crippen molar-refractivity contribution in [3.05, 3.63) is 42.7 Å². The molecule has 0 aliphatic carbocycles. The summed E-state index contributed by atoms with van der Waals surface area (Å²) < 4.78 is 12.2. The molecule has 0 aliphatic rings. The van der Waals surface area contributed by atoms with E-state index in [1.165, 1.54) is 0 Å². The summed E-state index contributed by atoms with van der Waals surface area (Å²) in [5.41, 5.74) is 2.93. The first-order valence-electron chi connectivity index (χ1n) is 9.94. The number of aromatic nitrogens is 3. The van der Waals surface area contributed by atoms with Gasteiger partial charge < -0.3 is 14.6 Å². The number of nitrogens with one attached hydrogen (secondary N) is 2. The van der Waals surface area contributed by atoms with E-state index >= 15 is 0 Å². The van der Waals surface area contributed by atoms with E-state index in [9.17, 15) is 9.59 Å². The summed E-state index contributed by atoms with van der Waals surface area (Å²) in [6.45, 7) is 7.16. The van der Waals surface area contributed by atoms with Crippen LogP contribution in [0.1, 0.15) is 27.7 Å². The summed E-state index contributed by atoms with van der Waals surface area (Å²) >= 11 is 0. The van der Waals surface area contributed by atoms with Gasteiger partial charge in [-0.25, -0.2) is 4.79 Å². The van der Waals surface area contributed by atoms with Crippen molar-refractivity contribution >= 4 is 17.9 Å². The van der Waals surface area contributed by atoms with Gasteiger partial charge in [0.25, 0.3) is 0 Å². The van der Waals surface area contributed by atoms with Crippen molar-refractivity contribution in [1.29, 1.82) is 0 Å². The van der Waals surface area contributed by atoms with Gasteiger partial charge in [0, 0.05) is 37.0 Å². The minimum atomic E-state index is -0.595. The largest absolute Gasteiger partial charge is 0.444 e. The van der Waals surface area contributed by atoms with Crippen molar-refractivity contribution in [2.24, 2.45) is 13.0 Å². The number of ether oxygens (including phenoxy) is 1. The van der Waals surface area contributed by atoms with Gasteiger partial charge in [-0.2, -0.15) is 5.10 Å². The third-order valence-corrected chi connectivity index (χ3v) is 4.37. The summed E-state index contributed by atoms with van der Waals surface area (Å²) in [6.07, 6.45) is 3.18. The Morgan fingerprint density at radius 3 is 2.45 bits per heavy atom. The molecule has 2 amide bonds. The van der Waals surface area contributed by atoms with Crippen LogP contribution in [0.3, 0.4) is 0 Å². The molecule has 3 rings (SSSR count). The lowest BCUT2D eigenvalue weighted by molar-refractivity contribution is -0.119. The first-order valence-corrected chi connectivity index (χ1v) is 9.94. The van der Waals surface area contributed by atoms with Crippen LogP contribution in [0.25, 0.3) is 22.4 Å². The van der Waals surface area contributed by atoms with E-state index in [4.69, 9.17) is 9.26 Å². The first-order chi connectivity index (χ1) is 14.6. The fourth-order valence-corrected chi connectivity index (χ4v) is 2.76. The second kappa shape index (κ2) is 9.03. The third-order valence-electron chi connectivity index (χ3n) is 4.37. The van der Waals surface area contributed by atoms with Crippen LogP contribution in [-0.4, -0.2) is 39.1 Å². The van der Waals surface area contributed by atoms with E-state index in [2.05, 4.69) is 20.9 Å². The van der Waals surface area contributed by atoms with Crippen molar-refractivity contribution in [3.63, 3.8) is 0 Å². The van der Waals surface area contributed by atoms with Crippen LogP contribution in [0.4, 0.5) is 10.7 Å². The molecule has 9 nitrogen and oxygen atoms in total. The van der Waals surface area contributed by atoms with Gasteiger partial charge in [-0.3, -0.25) is 14.8 Å². The molecule has 9 heteroatoms. The maximum absolute atomic E-state index is 12.4. The average Bonchev–Trinajstić information content (AvgIpc) is 3.34. The second-order valence-corrected chi connectivity index (χ2v) is 8.33. The Morgan fingerprint density at radius 1 is 1.16 bits per heavy atom. The van der Waals surface area contributed by atoms with Gasteiger partial charge in [-0.15, -0.1) is 0 Å². The van der Waals surface area contributed by atoms with Crippen molar-refractivity contribution in [2.45, 2.75) is 33.3 Å². The van der Waals surface area contributed by atoms with E-state index in [-0.39, 0.29) is 18.3 Å². The summed E-state index contributed by atoms with van der Waals surface area (Å²) in [4.78, 5) is 24.1. The molecule has 0 fully saturated rings. The molecule has 3 aromatic rings. The molecular formula is C22H27N5O4. The number of amides is 2. The molecule has 0 unspecified atom stereocenters. The Bertz CT molecular complexity index is 1050. The minimum Gasteiger partial charge on any atom is -0.444 e. The molecule has 0 bridgehead atoms. The van der Waals surface area contributed by atoms with Gasteiger partial charge in [-0.1, -0.05) is 36.3 Å². The van der Waals surface area contributed by atoms with Crippen molar-refractivity contribution in [2.75, 3.05) is 11.9 Å². The number of alkyl carbamates (subject to hydrolysis) is 1. The molecule has 0 aliphatic heterocycles. The van der Waals surface area contributed by atoms with Crippen LogP contribution < -0.4 is 10.6 Å². The molecule has 2 aromatic heterocycles. The number of anilines is 1. The lowest BCUT2D eigenvalue weighted by atomic mass is 10.1. The van der Waals surface area contributed by atoms with E-state index in [0.717, 1.165) is 16.7 Å². The van der Waals surface area contributed by atoms with Crippen molar-refractivity contribution < 1.29 is 18.8 Å². The van der Waals surface area contributed by atoms with Gasteiger partial charge in [0.1, 0.15) is 11.3 Å². The van der Waals surface area contributed by atoms with Gasteiger partial charge in [0.15, 0.2) is 0 Å². The Kier molecular flexibility index (Phi) is 6.43. The molecule has 31 heavy (non-hydrogen) atoms. The third kappa shape index (κ3) is 6.18. The van der Waals surface area contributed by atoms with E-state index in [1.807, 2.05) is 37.5 Å². The highest BCUT2D eigenvalue weighted by Gasteiger charge is 2.20. The quantitative estimate of drug-likeness (QED) is 0.621. The fraction of sp³-hybridized carbons (Fsp3) is 0.364. The highest BCUT2D eigenvalue weighted by Crippen LogP contribution is 2.25. The highest BCUT2D eigenvalue weighted by molar-refractivity contribution is 5.92. The molecule has 164 valence electrons. The summed E-state index contributed by atoms with van der Waals surface area (Å²) in [6, 6.07) is 9.47. The average molecular weight is 425 g/mol. The zero-order chi connectivity index (χ0) is 22.6. The standard InChI is InChI=1S/C22H27N5O4/c1-14(11-23-21(29)30-22(2,3)4)20(28)25-19-10-18(26-31-19)16-8-6-15(7-9-16)17-12-24-27(5)13-17/h6-10,12-14H,11H2,1-5H3,(H,23,29)(H,25,28)/t14-/m1/s1. The Hall–Kier alpha value is -3.62. The van der Waals surface area contributed by atoms with Crippen LogP contribution in [0.5, 0.6) is 0 Å². The molecule has 0 saturated carbocycles. The number of benzene rings is 1. The summed E-state index contributed by atoms with van der Waals surface area (Å²) in [5, 5.41) is 13.5. The fourth-order valence-electron chi connectivity index (χ4n) is 2.76. The summed E-state index contributed by atoms with van der Waals surface area (Å²) in [5.74, 6) is -0.550. The molecule has 1 aromatic carbocycles. The van der Waals surface area contributed by atoms with Crippen LogP contribution in [0.2, 0.25) is 0 Å². The van der Waals surface area contributed by atoms with Crippen LogP contribution in [-0.2, 0) is 16.6 Å². The maximum Gasteiger partial charge on any atom is 0.407 e. The molecule has 0 spiro atoms. The SMILES string of the molecule is C[C@H](CNC(=O)OC(C)(C)C)C(=O)Nc1cc(-c2ccc(-c3cnn(C)c3)cc2)no1. The lowest BCUT2D eigenvalue weighted by Gasteiger charge is -2.20. The molecule has 1 atom stereocenters. The second-order valence-electron chi connectivity index (χ2n) is 8.33. The van der Waals surface area contributed by atoms with Crippen molar-refractivity contribution in [1.82, 2.24) is 20.3 Å². The zero-order valence-corrected chi connectivity index (χ0v) is 18.3. The summed E-state index contributed by atoms with van der Waals surface area (Å²) in [7, 11) is 1.87. The van der Waals surface area contributed by atoms with Crippen LogP contribution >= 0.6 is 0 Å². The number of nitrogens with zero attached hydrogens (tertiary/aromatic N) is 3. The Morgan fingerprint density at radius 2 is 1.84 bits per heavy atom. The van der Waals surface area contributed by atoms with Crippen LogP contribution in [0.15, 0.2) is 47.2 Å². The number of carbonyl (C=O) groups excluding carboxylic acids is 2. The number of hydrogen-bond acceptors (Lipinski definition) is 6. The first kappa shape index (κ1) is 22.1. The van der Waals surface area contributed by atoms with E-state index in [1.54, 1.807) is 44.6 Å². The minimum absolute atomic E-state index is 0.136. The predicted molar refractivity (Wildman–Crippen MR) is 116 cm³/mol. The Labute approximate surface area is 180 Å². The monoisotopic (exact) mass is 425 g/mol. The van der Waals surface area contributed by atoms with Gasteiger partial charge in [0.05, 0.1) is 12.1 Å². The number of hydrogen-bond donors (Lipinski definition) is 2. The molecule has 0 saturated heterocycles. The van der Waals surface area contributed by atoms with E-state index in [0.29, 0.717) is 5.69 Å². The van der Waals surface area contributed by atoms with Crippen LogP contribution in [0, 0.1) is 5.92 Å². The predicted octanol–water partition coefficient (Wildman–Crippen LogP) is 3.84. The highest BCUT2D eigenvalue weighted by atomic mass is 16.6. The van der Waals surface area contributed by atoms with E-state index < -0.39 is 17.6 Å². The van der Waals surface area contributed by atoms with Gasteiger partial charge in [-0.05, 0) is 26.3 Å². The van der Waals surface area contributed by atoms with Gasteiger partial charge in [0.2, 0.25) is 11.8 Å². The molecule has 2 N–H and O–H groups in total. The molecular weight excluding hydrogens is 398 g/mol. The van der Waals surface area contributed by atoms with Gasteiger partial charge >= 0.3 is 6.09 Å². The topological polar surface area (TPSA) is 111 Å². The number of aryl methyl sites for hydroxylation is 1. The molecule has 2 heterocycles. The maximum atomic E-state index is 12.4. The smallest absolute Gasteiger partial charge is 0.407 e. The normalized spacial score (nSPS) is 12.3. The zero-order valence-electron chi connectivity index (χ0n) is 18.3. The molecule has 0 radical (unpaired) electrons. The lowest BCUT2D eigenvalue weighted by Crippen LogP contribution is -2.37.